The van der Waals surface area contributed by atoms with E-state index in [0.717, 1.165) is 5.56 Å². The minimum Gasteiger partial charge on any atom is -0.375 e. The first-order valence-electron chi connectivity index (χ1n) is 8.32. The third kappa shape index (κ3) is 4.47. The summed E-state index contributed by atoms with van der Waals surface area (Å²) in [5, 5.41) is 3.33. The third-order valence-electron chi connectivity index (χ3n) is 4.19. The number of carbonyl (C=O) groups excluding carboxylic acids is 2. The first-order valence-corrected chi connectivity index (χ1v) is 8.32. The number of carbonyl (C=O) groups is 2. The Hall–Kier alpha value is -2.95. The second-order valence-corrected chi connectivity index (χ2v) is 6.18. The predicted octanol–water partition coefficient (Wildman–Crippen LogP) is 1.57. The number of piperazine rings is 1. The summed E-state index contributed by atoms with van der Waals surface area (Å²) in [5.74, 6) is -2.00. The van der Waals surface area contributed by atoms with E-state index in [2.05, 4.69) is 14.7 Å². The lowest BCUT2D eigenvalue weighted by atomic mass is 10.1. The summed E-state index contributed by atoms with van der Waals surface area (Å²) < 4.78 is 46.6. The Labute approximate surface area is 157 Å². The molecule has 0 unspecified atom stereocenters. The van der Waals surface area contributed by atoms with Crippen molar-refractivity contribution in [3.8, 4) is 11.4 Å². The lowest BCUT2D eigenvalue weighted by molar-refractivity contribution is -0.159. The zero-order valence-electron chi connectivity index (χ0n) is 14.9. The van der Waals surface area contributed by atoms with Gasteiger partial charge in [0.05, 0.1) is 6.54 Å². The molecule has 150 valence electrons. The highest BCUT2D eigenvalue weighted by Crippen LogP contribution is 2.29. The van der Waals surface area contributed by atoms with Crippen molar-refractivity contribution in [2.45, 2.75) is 12.7 Å². The monoisotopic (exact) mass is 398 g/mol. The van der Waals surface area contributed by atoms with E-state index < -0.39 is 12.1 Å². The molecule has 2 aromatic rings. The molecule has 1 saturated heterocycles. The van der Waals surface area contributed by atoms with Crippen molar-refractivity contribution in [2.24, 2.45) is 0 Å². The molecule has 0 bridgehead atoms. The van der Waals surface area contributed by atoms with Gasteiger partial charge in [0.1, 0.15) is 6.61 Å². The Morgan fingerprint density at radius 1 is 1.25 bits per heavy atom. The topological polar surface area (TPSA) is 88.8 Å². The average molecular weight is 398 g/mol. The lowest BCUT2D eigenvalue weighted by Gasteiger charge is -2.34. The normalized spacial score (nSPS) is 15.2. The highest BCUT2D eigenvalue weighted by Gasteiger charge is 2.38. The number of halogens is 3. The molecule has 1 fully saturated rings. The SMILES string of the molecule is COCC(=O)N1CCN(Cc2ccc(-c3noc(C(F)(F)F)n3)cc2)C(=O)C1. The summed E-state index contributed by atoms with van der Waals surface area (Å²) in [6.07, 6.45) is -4.70. The highest BCUT2D eigenvalue weighted by molar-refractivity contribution is 5.86. The van der Waals surface area contributed by atoms with Crippen LogP contribution >= 0.6 is 0 Å². The minimum atomic E-state index is -4.70. The molecular formula is C17H17F3N4O4. The maximum Gasteiger partial charge on any atom is 0.471 e. The van der Waals surface area contributed by atoms with Gasteiger partial charge in [-0.15, -0.1) is 0 Å². The zero-order chi connectivity index (χ0) is 20.3. The van der Waals surface area contributed by atoms with Gasteiger partial charge in [0.15, 0.2) is 0 Å². The molecule has 1 aliphatic rings. The quantitative estimate of drug-likeness (QED) is 0.760. The number of rotatable bonds is 5. The number of amides is 2. The first-order chi connectivity index (χ1) is 13.3. The maximum atomic E-state index is 12.5. The van der Waals surface area contributed by atoms with Crippen molar-refractivity contribution >= 4 is 11.8 Å². The molecule has 8 nitrogen and oxygen atoms in total. The molecule has 1 aromatic carbocycles. The van der Waals surface area contributed by atoms with Crippen LogP contribution in [0.3, 0.4) is 0 Å². The molecule has 1 aromatic heterocycles. The highest BCUT2D eigenvalue weighted by atomic mass is 19.4. The van der Waals surface area contributed by atoms with Crippen LogP contribution in [0.25, 0.3) is 11.4 Å². The predicted molar refractivity (Wildman–Crippen MR) is 88.6 cm³/mol. The van der Waals surface area contributed by atoms with Gasteiger partial charge in [-0.3, -0.25) is 9.59 Å². The second-order valence-electron chi connectivity index (χ2n) is 6.18. The summed E-state index contributed by atoms with van der Waals surface area (Å²) in [5.41, 5.74) is 1.15. The van der Waals surface area contributed by atoms with E-state index in [0.29, 0.717) is 25.2 Å². The van der Waals surface area contributed by atoms with E-state index in [1.807, 2.05) is 0 Å². The fraction of sp³-hybridized carbons (Fsp3) is 0.412. The summed E-state index contributed by atoms with van der Waals surface area (Å²) in [4.78, 5) is 30.4. The lowest BCUT2D eigenvalue weighted by Crippen LogP contribution is -2.52. The number of methoxy groups -OCH3 is 1. The van der Waals surface area contributed by atoms with Gasteiger partial charge >= 0.3 is 12.1 Å². The van der Waals surface area contributed by atoms with Gasteiger partial charge < -0.3 is 19.1 Å². The molecule has 2 heterocycles. The Morgan fingerprint density at radius 3 is 2.54 bits per heavy atom. The molecule has 1 aliphatic heterocycles. The van der Waals surface area contributed by atoms with Gasteiger partial charge in [0.25, 0.3) is 0 Å². The first kappa shape index (κ1) is 19.8. The van der Waals surface area contributed by atoms with Crippen LogP contribution in [0.5, 0.6) is 0 Å². The van der Waals surface area contributed by atoms with Gasteiger partial charge in [-0.1, -0.05) is 29.4 Å². The zero-order valence-corrected chi connectivity index (χ0v) is 14.9. The number of benzene rings is 1. The fourth-order valence-corrected chi connectivity index (χ4v) is 2.74. The molecule has 0 atom stereocenters. The van der Waals surface area contributed by atoms with Crippen molar-refractivity contribution in [3.05, 3.63) is 35.7 Å². The van der Waals surface area contributed by atoms with Crippen LogP contribution in [0.4, 0.5) is 13.2 Å². The molecule has 0 radical (unpaired) electrons. The molecule has 11 heteroatoms. The Morgan fingerprint density at radius 2 is 1.96 bits per heavy atom. The standard InChI is InChI=1S/C17H17F3N4O4/c1-27-10-14(26)24-7-6-23(13(25)9-24)8-11-2-4-12(5-3-11)15-21-16(28-22-15)17(18,19)20/h2-5H,6-10H2,1H3. The summed E-state index contributed by atoms with van der Waals surface area (Å²) >= 11 is 0. The maximum absolute atomic E-state index is 12.5. The molecule has 28 heavy (non-hydrogen) atoms. The van der Waals surface area contributed by atoms with Crippen LogP contribution in [0, 0.1) is 0 Å². The van der Waals surface area contributed by atoms with Gasteiger partial charge in [0.2, 0.25) is 17.6 Å². The molecule has 2 amide bonds. The van der Waals surface area contributed by atoms with Crippen LogP contribution in [0.15, 0.2) is 28.8 Å². The third-order valence-corrected chi connectivity index (χ3v) is 4.19. The second kappa shape index (κ2) is 7.97. The summed E-state index contributed by atoms with van der Waals surface area (Å²) in [6, 6.07) is 6.47. The van der Waals surface area contributed by atoms with Crippen molar-refractivity contribution in [3.63, 3.8) is 0 Å². The number of aromatic nitrogens is 2. The van der Waals surface area contributed by atoms with Crippen molar-refractivity contribution in [1.29, 1.82) is 0 Å². The van der Waals surface area contributed by atoms with Crippen molar-refractivity contribution < 1.29 is 32.0 Å². The van der Waals surface area contributed by atoms with Crippen LogP contribution in [-0.4, -0.2) is 65.1 Å². The van der Waals surface area contributed by atoms with Gasteiger partial charge in [-0.25, -0.2) is 0 Å². The van der Waals surface area contributed by atoms with Crippen LogP contribution < -0.4 is 0 Å². The number of alkyl halides is 3. The number of nitrogens with zero attached hydrogens (tertiary/aromatic N) is 4. The van der Waals surface area contributed by atoms with E-state index in [1.54, 1.807) is 29.2 Å². The van der Waals surface area contributed by atoms with Crippen molar-refractivity contribution in [2.75, 3.05) is 33.4 Å². The molecule has 0 N–H and O–H groups in total. The summed E-state index contributed by atoms with van der Waals surface area (Å²) in [6.45, 7) is 1.04. The molecule has 0 aliphatic carbocycles. The van der Waals surface area contributed by atoms with E-state index in [1.165, 1.54) is 12.0 Å². The van der Waals surface area contributed by atoms with Crippen LogP contribution in [-0.2, 0) is 27.0 Å². The van der Waals surface area contributed by atoms with E-state index in [9.17, 15) is 22.8 Å². The number of hydrogen-bond donors (Lipinski definition) is 0. The smallest absolute Gasteiger partial charge is 0.375 e. The van der Waals surface area contributed by atoms with E-state index in [-0.39, 0.29) is 30.8 Å². The average Bonchev–Trinajstić information content (AvgIpc) is 3.15. The van der Waals surface area contributed by atoms with Gasteiger partial charge in [-0.05, 0) is 5.56 Å². The van der Waals surface area contributed by atoms with Gasteiger partial charge in [0, 0.05) is 32.3 Å². The molecule has 3 rings (SSSR count). The van der Waals surface area contributed by atoms with Crippen molar-refractivity contribution in [1.82, 2.24) is 19.9 Å². The van der Waals surface area contributed by atoms with E-state index >= 15 is 0 Å². The molecule has 0 saturated carbocycles. The van der Waals surface area contributed by atoms with Crippen LogP contribution in [0.1, 0.15) is 11.5 Å². The van der Waals surface area contributed by atoms with Gasteiger partial charge in [-0.2, -0.15) is 18.2 Å². The summed E-state index contributed by atoms with van der Waals surface area (Å²) in [7, 11) is 1.41. The Kier molecular flexibility index (Phi) is 5.63. The van der Waals surface area contributed by atoms with E-state index in [4.69, 9.17) is 4.74 Å². The number of ether oxygens (including phenoxy) is 1. The molecular weight excluding hydrogens is 381 g/mol. The minimum absolute atomic E-state index is 0.0106. The number of hydrogen-bond acceptors (Lipinski definition) is 6. The molecule has 0 spiro atoms. The Bertz CT molecular complexity index is 851. The largest absolute Gasteiger partial charge is 0.471 e. The Balaban J connectivity index is 1.61. The fourth-order valence-electron chi connectivity index (χ4n) is 2.74. The van der Waals surface area contributed by atoms with Crippen LogP contribution in [0.2, 0.25) is 0 Å².